The van der Waals surface area contributed by atoms with E-state index in [1.165, 1.54) is 0 Å². The maximum absolute atomic E-state index is 12.5. The molecule has 0 saturated carbocycles. The number of fused-ring (bicyclic) bond motifs is 1. The molecular formula is C19H18N6O3. The summed E-state index contributed by atoms with van der Waals surface area (Å²) < 4.78 is 5.75. The lowest BCUT2D eigenvalue weighted by molar-refractivity contribution is -0.119. The van der Waals surface area contributed by atoms with E-state index in [2.05, 4.69) is 30.8 Å². The molecule has 0 radical (unpaired) electrons. The number of pyridine rings is 1. The van der Waals surface area contributed by atoms with Crippen LogP contribution in [0.25, 0.3) is 0 Å². The van der Waals surface area contributed by atoms with Crippen LogP contribution in [0.1, 0.15) is 28.9 Å². The van der Waals surface area contributed by atoms with E-state index in [9.17, 15) is 9.59 Å². The first-order chi connectivity index (χ1) is 13.6. The van der Waals surface area contributed by atoms with Gasteiger partial charge in [-0.3, -0.25) is 14.7 Å². The molecule has 2 amide bonds. The van der Waals surface area contributed by atoms with E-state index in [0.717, 1.165) is 5.56 Å². The van der Waals surface area contributed by atoms with Gasteiger partial charge in [-0.25, -0.2) is 9.97 Å². The van der Waals surface area contributed by atoms with Crippen molar-refractivity contribution in [1.82, 2.24) is 25.5 Å². The number of carbonyl (C=O) groups excluding carboxylic acids is 2. The molecule has 0 fully saturated rings. The van der Waals surface area contributed by atoms with Crippen LogP contribution in [-0.4, -0.2) is 44.1 Å². The third-order valence-electron chi connectivity index (χ3n) is 4.31. The van der Waals surface area contributed by atoms with Crippen molar-refractivity contribution in [2.45, 2.75) is 25.5 Å². The minimum atomic E-state index is -0.919. The molecule has 0 bridgehead atoms. The van der Waals surface area contributed by atoms with E-state index in [4.69, 9.17) is 4.74 Å². The average molecular weight is 378 g/mol. The Kier molecular flexibility index (Phi) is 4.71. The fourth-order valence-corrected chi connectivity index (χ4v) is 2.91. The fourth-order valence-electron chi connectivity index (χ4n) is 2.91. The molecule has 28 heavy (non-hydrogen) atoms. The van der Waals surface area contributed by atoms with Crippen molar-refractivity contribution in [2.24, 2.45) is 0 Å². The summed E-state index contributed by atoms with van der Waals surface area (Å²) in [4.78, 5) is 33.4. The Labute approximate surface area is 160 Å². The molecule has 1 aliphatic heterocycles. The quantitative estimate of drug-likeness (QED) is 0.629. The van der Waals surface area contributed by atoms with E-state index in [1.54, 1.807) is 25.3 Å². The predicted octanol–water partition coefficient (Wildman–Crippen LogP) is 1.31. The minimum Gasteiger partial charge on any atom is -0.484 e. The van der Waals surface area contributed by atoms with Gasteiger partial charge in [0.25, 0.3) is 11.8 Å². The molecule has 2 atom stereocenters. The maximum Gasteiger partial charge on any atom is 0.291 e. The van der Waals surface area contributed by atoms with Crippen molar-refractivity contribution in [3.05, 3.63) is 65.9 Å². The Balaban J connectivity index is 1.45. The van der Waals surface area contributed by atoms with Gasteiger partial charge >= 0.3 is 0 Å². The SMILES string of the molecule is C[C@H]1Oc2cccnc2NC(=O)[C@H]1NC(=O)c1n[nH]c(Cc2ccccc2)n1. The summed E-state index contributed by atoms with van der Waals surface area (Å²) in [6, 6.07) is 12.2. The van der Waals surface area contributed by atoms with E-state index < -0.39 is 24.0 Å². The Morgan fingerprint density at radius 3 is 2.86 bits per heavy atom. The largest absolute Gasteiger partial charge is 0.484 e. The van der Waals surface area contributed by atoms with Crippen molar-refractivity contribution in [3.8, 4) is 5.75 Å². The third-order valence-corrected chi connectivity index (χ3v) is 4.31. The van der Waals surface area contributed by atoms with Crippen LogP contribution in [-0.2, 0) is 11.2 Å². The monoisotopic (exact) mass is 378 g/mol. The standard InChI is InChI=1S/C19H18N6O3/c1-11-15(18(26)23-16-13(28-11)8-5-9-20-16)22-19(27)17-21-14(24-25-17)10-12-6-3-2-4-7-12/h2-9,11,15H,10H2,1H3,(H,22,27)(H,20,23,26)(H,21,24,25)/t11-,15+/m1/s1. The number of amides is 2. The molecule has 1 aliphatic rings. The lowest BCUT2D eigenvalue weighted by atomic mass is 10.1. The molecule has 3 heterocycles. The molecule has 0 aliphatic carbocycles. The first kappa shape index (κ1) is 17.7. The number of rotatable bonds is 4. The molecule has 3 N–H and O–H groups in total. The van der Waals surface area contributed by atoms with Crippen LogP contribution >= 0.6 is 0 Å². The Bertz CT molecular complexity index is 1000. The van der Waals surface area contributed by atoms with Gasteiger partial charge in [0, 0.05) is 12.6 Å². The van der Waals surface area contributed by atoms with Crippen LogP contribution in [0, 0.1) is 0 Å². The maximum atomic E-state index is 12.5. The van der Waals surface area contributed by atoms with Gasteiger partial charge < -0.3 is 15.4 Å². The minimum absolute atomic E-state index is 0.0363. The molecule has 2 aromatic heterocycles. The summed E-state index contributed by atoms with van der Waals surface area (Å²) in [5, 5.41) is 12.0. The van der Waals surface area contributed by atoms with Crippen LogP contribution in [0.4, 0.5) is 5.82 Å². The normalized spacial score (nSPS) is 18.4. The van der Waals surface area contributed by atoms with Crippen molar-refractivity contribution in [1.29, 1.82) is 0 Å². The van der Waals surface area contributed by atoms with Gasteiger partial charge in [-0.2, -0.15) is 0 Å². The lowest BCUT2D eigenvalue weighted by Gasteiger charge is -2.20. The zero-order valence-corrected chi connectivity index (χ0v) is 15.0. The van der Waals surface area contributed by atoms with Gasteiger partial charge in [0.15, 0.2) is 11.6 Å². The molecule has 9 nitrogen and oxygen atoms in total. The number of aromatic amines is 1. The van der Waals surface area contributed by atoms with Crippen LogP contribution in [0.15, 0.2) is 48.7 Å². The van der Waals surface area contributed by atoms with Crippen molar-refractivity contribution < 1.29 is 14.3 Å². The summed E-state index contributed by atoms with van der Waals surface area (Å²) in [6.07, 6.45) is 1.47. The number of nitrogens with one attached hydrogen (secondary N) is 3. The zero-order chi connectivity index (χ0) is 19.5. The number of nitrogens with zero attached hydrogens (tertiary/aromatic N) is 3. The number of benzene rings is 1. The first-order valence-corrected chi connectivity index (χ1v) is 8.79. The highest BCUT2D eigenvalue weighted by molar-refractivity contribution is 6.00. The topological polar surface area (TPSA) is 122 Å². The molecule has 4 rings (SSSR count). The molecular weight excluding hydrogens is 360 g/mol. The fraction of sp³-hybridized carbons (Fsp3) is 0.211. The van der Waals surface area contributed by atoms with Gasteiger partial charge in [0.2, 0.25) is 5.82 Å². The number of aromatic nitrogens is 4. The third kappa shape index (κ3) is 3.68. The van der Waals surface area contributed by atoms with Crippen molar-refractivity contribution >= 4 is 17.6 Å². The number of hydrogen-bond donors (Lipinski definition) is 3. The lowest BCUT2D eigenvalue weighted by Crippen LogP contribution is -2.51. The van der Waals surface area contributed by atoms with E-state index in [1.807, 2.05) is 30.3 Å². The second-order valence-electron chi connectivity index (χ2n) is 6.38. The summed E-state index contributed by atoms with van der Waals surface area (Å²) >= 11 is 0. The molecule has 0 spiro atoms. The van der Waals surface area contributed by atoms with E-state index in [-0.39, 0.29) is 5.82 Å². The van der Waals surface area contributed by atoms with E-state index in [0.29, 0.717) is 23.8 Å². The van der Waals surface area contributed by atoms with Crippen LogP contribution in [0.2, 0.25) is 0 Å². The summed E-state index contributed by atoms with van der Waals surface area (Å²) in [5.74, 6) is 0.305. The number of hydrogen-bond acceptors (Lipinski definition) is 6. The van der Waals surface area contributed by atoms with Gasteiger partial charge in [0.05, 0.1) is 0 Å². The Hall–Kier alpha value is -3.75. The summed E-state index contributed by atoms with van der Waals surface area (Å²) in [5.41, 5.74) is 1.04. The highest BCUT2D eigenvalue weighted by Gasteiger charge is 2.33. The number of anilines is 1. The van der Waals surface area contributed by atoms with Gasteiger partial charge in [-0.05, 0) is 24.6 Å². The predicted molar refractivity (Wildman–Crippen MR) is 99.8 cm³/mol. The average Bonchev–Trinajstić information content (AvgIpc) is 3.12. The second kappa shape index (κ2) is 7.47. The molecule has 9 heteroatoms. The molecule has 142 valence electrons. The Morgan fingerprint density at radius 1 is 1.21 bits per heavy atom. The van der Waals surface area contributed by atoms with Crippen LogP contribution in [0.3, 0.4) is 0 Å². The number of carbonyl (C=O) groups is 2. The Morgan fingerprint density at radius 2 is 2.04 bits per heavy atom. The zero-order valence-electron chi connectivity index (χ0n) is 15.0. The number of ether oxygens (including phenoxy) is 1. The molecule has 1 aromatic carbocycles. The van der Waals surface area contributed by atoms with Gasteiger partial charge in [0.1, 0.15) is 18.0 Å². The van der Waals surface area contributed by atoms with E-state index >= 15 is 0 Å². The van der Waals surface area contributed by atoms with Gasteiger partial charge in [-0.1, -0.05) is 30.3 Å². The van der Waals surface area contributed by atoms with Crippen LogP contribution < -0.4 is 15.4 Å². The summed E-state index contributed by atoms with van der Waals surface area (Å²) in [7, 11) is 0. The molecule has 3 aromatic rings. The highest BCUT2D eigenvalue weighted by atomic mass is 16.5. The first-order valence-electron chi connectivity index (χ1n) is 8.79. The smallest absolute Gasteiger partial charge is 0.291 e. The highest BCUT2D eigenvalue weighted by Crippen LogP contribution is 2.26. The van der Waals surface area contributed by atoms with Crippen molar-refractivity contribution in [2.75, 3.05) is 5.32 Å². The summed E-state index contributed by atoms with van der Waals surface area (Å²) in [6.45, 7) is 1.70. The van der Waals surface area contributed by atoms with Crippen LogP contribution in [0.5, 0.6) is 5.75 Å². The number of H-pyrrole nitrogens is 1. The van der Waals surface area contributed by atoms with Crippen molar-refractivity contribution in [3.63, 3.8) is 0 Å². The molecule has 0 unspecified atom stereocenters. The second-order valence-corrected chi connectivity index (χ2v) is 6.38. The van der Waals surface area contributed by atoms with Gasteiger partial charge in [-0.15, -0.1) is 5.10 Å². The molecule has 0 saturated heterocycles.